The van der Waals surface area contributed by atoms with Crippen molar-refractivity contribution in [1.29, 1.82) is 0 Å². The van der Waals surface area contributed by atoms with Crippen molar-refractivity contribution in [2.24, 2.45) is 0 Å². The lowest BCUT2D eigenvalue weighted by Crippen LogP contribution is -2.36. The molecule has 3 nitrogen and oxygen atoms in total. The van der Waals surface area contributed by atoms with Gasteiger partial charge in [-0.15, -0.1) is 11.3 Å². The molecule has 0 amide bonds. The largest absolute Gasteiger partial charge is 0.388 e. The molecule has 96 valence electrons. The number of rotatable bonds is 4. The topological polar surface area (TPSA) is 36.4 Å². The van der Waals surface area contributed by atoms with E-state index >= 15 is 0 Å². The molecule has 1 aliphatic rings. The van der Waals surface area contributed by atoms with E-state index in [4.69, 9.17) is 0 Å². The second-order valence-electron chi connectivity index (χ2n) is 5.16. The number of aliphatic hydroxyl groups excluding tert-OH is 1. The van der Waals surface area contributed by atoms with Gasteiger partial charge in [0.25, 0.3) is 0 Å². The molecule has 1 aromatic heterocycles. The SMILES string of the molecule is CC(O)c1cnc(CC2CCCN2C(C)C)s1. The number of aliphatic hydroxyl groups is 1. The minimum absolute atomic E-state index is 0.383. The van der Waals surface area contributed by atoms with E-state index in [1.54, 1.807) is 18.3 Å². The van der Waals surface area contributed by atoms with Crippen LogP contribution in [0.1, 0.15) is 49.6 Å². The predicted octanol–water partition coefficient (Wildman–Crippen LogP) is 2.61. The highest BCUT2D eigenvalue weighted by atomic mass is 32.1. The molecule has 1 aliphatic heterocycles. The van der Waals surface area contributed by atoms with Crippen LogP contribution >= 0.6 is 11.3 Å². The third-order valence-corrected chi connectivity index (χ3v) is 4.67. The lowest BCUT2D eigenvalue weighted by Gasteiger charge is -2.27. The summed E-state index contributed by atoms with van der Waals surface area (Å²) in [5.41, 5.74) is 0. The fourth-order valence-corrected chi connectivity index (χ4v) is 3.50. The molecule has 2 heterocycles. The van der Waals surface area contributed by atoms with Crippen LogP contribution in [-0.4, -0.2) is 33.6 Å². The van der Waals surface area contributed by atoms with Gasteiger partial charge in [-0.2, -0.15) is 0 Å². The molecule has 17 heavy (non-hydrogen) atoms. The van der Waals surface area contributed by atoms with Crippen molar-refractivity contribution in [3.05, 3.63) is 16.1 Å². The zero-order valence-corrected chi connectivity index (χ0v) is 11.7. The van der Waals surface area contributed by atoms with Crippen LogP contribution in [0, 0.1) is 0 Å². The molecule has 0 radical (unpaired) electrons. The average Bonchev–Trinajstić information content (AvgIpc) is 2.86. The van der Waals surface area contributed by atoms with Gasteiger partial charge in [-0.25, -0.2) is 4.98 Å². The number of nitrogens with zero attached hydrogens (tertiary/aromatic N) is 2. The van der Waals surface area contributed by atoms with Crippen LogP contribution < -0.4 is 0 Å². The molecule has 1 aromatic rings. The maximum Gasteiger partial charge on any atom is 0.0944 e. The van der Waals surface area contributed by atoms with Crippen molar-refractivity contribution >= 4 is 11.3 Å². The Morgan fingerprint density at radius 2 is 2.29 bits per heavy atom. The summed E-state index contributed by atoms with van der Waals surface area (Å²) < 4.78 is 0. The van der Waals surface area contributed by atoms with E-state index in [9.17, 15) is 5.11 Å². The first kappa shape index (κ1) is 13.0. The minimum Gasteiger partial charge on any atom is -0.388 e. The highest BCUT2D eigenvalue weighted by Crippen LogP contribution is 2.26. The van der Waals surface area contributed by atoms with Gasteiger partial charge in [-0.3, -0.25) is 4.90 Å². The first-order valence-corrected chi connectivity index (χ1v) is 7.28. The fraction of sp³-hybridized carbons (Fsp3) is 0.769. The van der Waals surface area contributed by atoms with Crippen molar-refractivity contribution in [2.75, 3.05) is 6.54 Å². The highest BCUT2D eigenvalue weighted by Gasteiger charge is 2.27. The van der Waals surface area contributed by atoms with Crippen molar-refractivity contribution in [3.63, 3.8) is 0 Å². The Morgan fingerprint density at radius 3 is 2.88 bits per heavy atom. The third-order valence-electron chi connectivity index (χ3n) is 3.48. The maximum atomic E-state index is 9.50. The summed E-state index contributed by atoms with van der Waals surface area (Å²) in [6, 6.07) is 1.27. The van der Waals surface area contributed by atoms with Gasteiger partial charge in [0, 0.05) is 24.7 Å². The number of likely N-dealkylation sites (tertiary alicyclic amines) is 1. The van der Waals surface area contributed by atoms with Gasteiger partial charge in [0.2, 0.25) is 0 Å². The van der Waals surface area contributed by atoms with Crippen LogP contribution in [0.3, 0.4) is 0 Å². The molecule has 0 spiro atoms. The smallest absolute Gasteiger partial charge is 0.0944 e. The van der Waals surface area contributed by atoms with Gasteiger partial charge in [0.1, 0.15) is 0 Å². The van der Waals surface area contributed by atoms with E-state index < -0.39 is 0 Å². The van der Waals surface area contributed by atoms with Gasteiger partial charge in [-0.1, -0.05) is 0 Å². The molecular weight excluding hydrogens is 232 g/mol. The average molecular weight is 254 g/mol. The maximum absolute atomic E-state index is 9.50. The lowest BCUT2D eigenvalue weighted by molar-refractivity contribution is 0.202. The van der Waals surface area contributed by atoms with Crippen molar-refractivity contribution in [3.8, 4) is 0 Å². The first-order chi connectivity index (χ1) is 8.08. The summed E-state index contributed by atoms with van der Waals surface area (Å²) in [5, 5.41) is 10.7. The van der Waals surface area contributed by atoms with Crippen molar-refractivity contribution in [2.45, 2.75) is 58.2 Å². The number of thiazole rings is 1. The Morgan fingerprint density at radius 1 is 1.53 bits per heavy atom. The lowest BCUT2D eigenvalue weighted by atomic mass is 10.1. The Bertz CT molecular complexity index is 362. The molecule has 0 saturated carbocycles. The fourth-order valence-electron chi connectivity index (χ4n) is 2.57. The number of hydrogen-bond donors (Lipinski definition) is 1. The Balaban J connectivity index is 1.99. The predicted molar refractivity (Wildman–Crippen MR) is 71.3 cm³/mol. The van der Waals surface area contributed by atoms with Crippen LogP contribution in [-0.2, 0) is 6.42 Å². The van der Waals surface area contributed by atoms with E-state index in [-0.39, 0.29) is 6.10 Å². The Hall–Kier alpha value is -0.450. The normalized spacial score (nSPS) is 23.5. The second-order valence-corrected chi connectivity index (χ2v) is 6.31. The number of hydrogen-bond acceptors (Lipinski definition) is 4. The number of aromatic nitrogens is 1. The van der Waals surface area contributed by atoms with Crippen LogP contribution in [0.15, 0.2) is 6.20 Å². The quantitative estimate of drug-likeness (QED) is 0.897. The summed E-state index contributed by atoms with van der Waals surface area (Å²) in [6.07, 6.45) is 5.06. The summed E-state index contributed by atoms with van der Waals surface area (Å²) in [5.74, 6) is 0. The van der Waals surface area contributed by atoms with Crippen molar-refractivity contribution in [1.82, 2.24) is 9.88 Å². The van der Waals surface area contributed by atoms with E-state index in [2.05, 4.69) is 23.7 Å². The zero-order chi connectivity index (χ0) is 12.4. The van der Waals surface area contributed by atoms with Crippen LogP contribution in [0.5, 0.6) is 0 Å². The van der Waals surface area contributed by atoms with Gasteiger partial charge < -0.3 is 5.11 Å². The summed E-state index contributed by atoms with van der Waals surface area (Å²) in [6.45, 7) is 7.55. The summed E-state index contributed by atoms with van der Waals surface area (Å²) in [4.78, 5) is 7.98. The zero-order valence-electron chi connectivity index (χ0n) is 10.9. The van der Waals surface area contributed by atoms with E-state index in [1.807, 2.05) is 6.20 Å². The van der Waals surface area contributed by atoms with E-state index in [1.165, 1.54) is 24.4 Å². The Labute approximate surface area is 107 Å². The molecule has 2 unspecified atom stereocenters. The van der Waals surface area contributed by atoms with Crippen LogP contribution in [0.4, 0.5) is 0 Å². The standard InChI is InChI=1S/C13H22N2OS/c1-9(2)15-6-4-5-11(15)7-13-14-8-12(17-13)10(3)16/h8-11,16H,4-7H2,1-3H3. The highest BCUT2D eigenvalue weighted by molar-refractivity contribution is 7.11. The third kappa shape index (κ3) is 3.06. The second kappa shape index (κ2) is 5.46. The molecule has 1 N–H and O–H groups in total. The summed E-state index contributed by atoms with van der Waals surface area (Å²) >= 11 is 1.65. The molecule has 0 aromatic carbocycles. The monoisotopic (exact) mass is 254 g/mol. The Kier molecular flexibility index (Phi) is 4.17. The summed E-state index contributed by atoms with van der Waals surface area (Å²) in [7, 11) is 0. The van der Waals surface area contributed by atoms with Gasteiger partial charge in [-0.05, 0) is 40.2 Å². The van der Waals surface area contributed by atoms with Gasteiger partial charge in [0.15, 0.2) is 0 Å². The van der Waals surface area contributed by atoms with Crippen LogP contribution in [0.25, 0.3) is 0 Å². The van der Waals surface area contributed by atoms with E-state index in [0.717, 1.165) is 11.3 Å². The van der Waals surface area contributed by atoms with E-state index in [0.29, 0.717) is 12.1 Å². The molecule has 1 fully saturated rings. The first-order valence-electron chi connectivity index (χ1n) is 6.46. The van der Waals surface area contributed by atoms with Gasteiger partial charge in [0.05, 0.1) is 16.0 Å². The molecule has 1 saturated heterocycles. The molecular formula is C13H22N2OS. The molecule has 2 atom stereocenters. The molecule has 2 rings (SSSR count). The molecule has 0 aliphatic carbocycles. The van der Waals surface area contributed by atoms with Crippen LogP contribution in [0.2, 0.25) is 0 Å². The minimum atomic E-state index is -0.383. The molecule has 0 bridgehead atoms. The van der Waals surface area contributed by atoms with Crippen molar-refractivity contribution < 1.29 is 5.11 Å². The van der Waals surface area contributed by atoms with Gasteiger partial charge >= 0.3 is 0 Å². The molecule has 4 heteroatoms.